The Balaban J connectivity index is 0.00000552. The average Bonchev–Trinajstić information content (AvgIpc) is 3.04. The van der Waals surface area contributed by atoms with Crippen LogP contribution >= 0.6 is 12.4 Å². The third kappa shape index (κ3) is 10.6. The van der Waals surface area contributed by atoms with Crippen LogP contribution in [0.4, 0.5) is 9.18 Å². The Morgan fingerprint density at radius 2 is 1.42 bits per heavy atom. The van der Waals surface area contributed by atoms with Crippen LogP contribution in [0, 0.1) is 5.82 Å². The van der Waals surface area contributed by atoms with E-state index in [2.05, 4.69) is 10.6 Å². The predicted octanol–water partition coefficient (Wildman–Crippen LogP) is 6.19. The first-order valence-corrected chi connectivity index (χ1v) is 14.3. The van der Waals surface area contributed by atoms with Gasteiger partial charge in [0.15, 0.2) is 0 Å². The lowest BCUT2D eigenvalue weighted by molar-refractivity contribution is -0.139. The van der Waals surface area contributed by atoms with Crippen LogP contribution in [0.2, 0.25) is 0 Å². The van der Waals surface area contributed by atoms with Crippen molar-refractivity contribution < 1.29 is 33.3 Å². The second-order valence-corrected chi connectivity index (χ2v) is 10.3. The first kappa shape index (κ1) is 35.0. The van der Waals surface area contributed by atoms with Gasteiger partial charge in [-0.1, -0.05) is 72.8 Å². The largest absolute Gasteiger partial charge is 0.489 e. The van der Waals surface area contributed by atoms with Crippen LogP contribution in [0.5, 0.6) is 5.75 Å². The Morgan fingerprint density at radius 1 is 0.822 bits per heavy atom. The number of aliphatic carboxylic acids is 1. The monoisotopic (exact) mass is 636 g/mol. The number of ether oxygens (including phenoxy) is 3. The summed E-state index contributed by atoms with van der Waals surface area (Å²) in [7, 11) is 3.40. The van der Waals surface area contributed by atoms with E-state index in [9.17, 15) is 19.1 Å². The fraction of sp³-hybridized carbons (Fsp3) is 0.257. The highest BCUT2D eigenvalue weighted by Gasteiger charge is 2.24. The third-order valence-corrected chi connectivity index (χ3v) is 7.15. The molecule has 4 rings (SSSR count). The number of carboxylic acid groups (broad SMARTS) is 1. The van der Waals surface area contributed by atoms with Crippen molar-refractivity contribution in [3.63, 3.8) is 0 Å². The van der Waals surface area contributed by atoms with Gasteiger partial charge in [-0.25, -0.2) is 14.0 Å². The number of carbonyl (C=O) groups excluding carboxylic acids is 1. The Kier molecular flexibility index (Phi) is 13.8. The highest BCUT2D eigenvalue weighted by atomic mass is 35.5. The van der Waals surface area contributed by atoms with Gasteiger partial charge in [-0.2, -0.15) is 0 Å². The van der Waals surface area contributed by atoms with Gasteiger partial charge in [-0.3, -0.25) is 0 Å². The average molecular weight is 637 g/mol. The number of hydrogen-bond donors (Lipinski definition) is 3. The van der Waals surface area contributed by atoms with Gasteiger partial charge < -0.3 is 30.0 Å². The van der Waals surface area contributed by atoms with E-state index in [1.54, 1.807) is 44.5 Å². The standard InChI is InChI=1S/C35H37FN2O6.ClH/c1-37-30(23-42-2)19-28-17-26(13-15-31(28)36)27-14-16-33(43-21-24-9-5-3-6-10-24)29(18-27)20-32(34(39)40)38-35(41)44-22-25-11-7-4-8-12-25;/h3-18,30,32,37H,19-23H2,1-2H3,(H,38,41)(H,39,40);1H/t30-,32-;/m0./s1. The maximum absolute atomic E-state index is 14.8. The van der Waals surface area contributed by atoms with Crippen molar-refractivity contribution in [3.05, 3.63) is 125 Å². The Hall–Kier alpha value is -4.44. The minimum Gasteiger partial charge on any atom is -0.489 e. The van der Waals surface area contributed by atoms with Gasteiger partial charge in [0.25, 0.3) is 0 Å². The van der Waals surface area contributed by atoms with Crippen molar-refractivity contribution in [2.45, 2.75) is 38.1 Å². The summed E-state index contributed by atoms with van der Waals surface area (Å²) in [6.45, 7) is 0.698. The molecule has 0 heterocycles. The molecule has 0 aliphatic heterocycles. The third-order valence-electron chi connectivity index (χ3n) is 7.15. The molecule has 0 aliphatic carbocycles. The summed E-state index contributed by atoms with van der Waals surface area (Å²) in [5, 5.41) is 15.6. The van der Waals surface area contributed by atoms with Crippen molar-refractivity contribution in [1.82, 2.24) is 10.6 Å². The van der Waals surface area contributed by atoms with Gasteiger partial charge >= 0.3 is 12.1 Å². The molecule has 0 bridgehead atoms. The molecule has 10 heteroatoms. The van der Waals surface area contributed by atoms with Crippen molar-refractivity contribution >= 4 is 24.5 Å². The Bertz CT molecular complexity index is 1520. The summed E-state index contributed by atoms with van der Waals surface area (Å²) in [5.41, 5.74) is 4.31. The summed E-state index contributed by atoms with van der Waals surface area (Å²) in [6, 6.07) is 27.7. The van der Waals surface area contributed by atoms with Crippen molar-refractivity contribution in [2.75, 3.05) is 20.8 Å². The summed E-state index contributed by atoms with van der Waals surface area (Å²) in [4.78, 5) is 24.8. The Labute approximate surface area is 268 Å². The van der Waals surface area contributed by atoms with E-state index in [0.29, 0.717) is 29.9 Å². The van der Waals surface area contributed by atoms with Gasteiger partial charge in [-0.15, -0.1) is 12.4 Å². The minimum absolute atomic E-state index is 0. The van der Waals surface area contributed by atoms with Crippen LogP contribution < -0.4 is 15.4 Å². The molecule has 238 valence electrons. The van der Waals surface area contributed by atoms with Crippen LogP contribution in [0.25, 0.3) is 11.1 Å². The van der Waals surface area contributed by atoms with Crippen LogP contribution in [0.3, 0.4) is 0 Å². The SMILES string of the molecule is CN[C@H](COC)Cc1cc(-c2ccc(OCc3ccccc3)c(C[C@H](NC(=O)OCc3ccccc3)C(=O)O)c2)ccc1F.Cl. The number of alkyl carbamates (subject to hydrolysis) is 1. The highest BCUT2D eigenvalue weighted by Crippen LogP contribution is 2.30. The lowest BCUT2D eigenvalue weighted by Crippen LogP contribution is -2.42. The molecule has 8 nitrogen and oxygen atoms in total. The number of rotatable bonds is 15. The van der Waals surface area contributed by atoms with Crippen LogP contribution in [-0.4, -0.2) is 50.0 Å². The number of hydrogen-bond acceptors (Lipinski definition) is 6. The number of nitrogens with one attached hydrogen (secondary N) is 2. The van der Waals surface area contributed by atoms with Crippen molar-refractivity contribution in [3.8, 4) is 16.9 Å². The van der Waals surface area contributed by atoms with E-state index in [1.165, 1.54) is 6.07 Å². The molecule has 4 aromatic carbocycles. The number of halogens is 2. The topological polar surface area (TPSA) is 106 Å². The number of amides is 1. The van der Waals surface area contributed by atoms with E-state index < -0.39 is 18.1 Å². The molecular formula is C35H38ClFN2O6. The molecular weight excluding hydrogens is 599 g/mol. The zero-order chi connectivity index (χ0) is 31.3. The second kappa shape index (κ2) is 17.8. The molecule has 3 N–H and O–H groups in total. The van der Waals surface area contributed by atoms with E-state index in [4.69, 9.17) is 14.2 Å². The smallest absolute Gasteiger partial charge is 0.408 e. The van der Waals surface area contributed by atoms with Crippen LogP contribution in [0.15, 0.2) is 97.1 Å². The van der Waals surface area contributed by atoms with Gasteiger partial charge in [-0.05, 0) is 71.1 Å². The zero-order valence-electron chi connectivity index (χ0n) is 25.2. The van der Waals surface area contributed by atoms with Gasteiger partial charge in [0.2, 0.25) is 0 Å². The molecule has 45 heavy (non-hydrogen) atoms. The first-order chi connectivity index (χ1) is 21.4. The van der Waals surface area contributed by atoms with E-state index in [0.717, 1.165) is 22.3 Å². The van der Waals surface area contributed by atoms with Gasteiger partial charge in [0.1, 0.15) is 30.8 Å². The second-order valence-electron chi connectivity index (χ2n) is 10.3. The lowest BCUT2D eigenvalue weighted by Gasteiger charge is -2.19. The summed E-state index contributed by atoms with van der Waals surface area (Å²) < 4.78 is 31.4. The molecule has 0 aromatic heterocycles. The number of carboxylic acids is 1. The van der Waals surface area contributed by atoms with Gasteiger partial charge in [0, 0.05) is 19.6 Å². The van der Waals surface area contributed by atoms with E-state index in [-0.39, 0.29) is 43.9 Å². The lowest BCUT2D eigenvalue weighted by atomic mass is 9.95. The molecule has 0 fully saturated rings. The molecule has 2 atom stereocenters. The Morgan fingerprint density at radius 3 is 2.02 bits per heavy atom. The maximum atomic E-state index is 14.8. The summed E-state index contributed by atoms with van der Waals surface area (Å²) in [5.74, 6) is -1.07. The molecule has 0 spiro atoms. The summed E-state index contributed by atoms with van der Waals surface area (Å²) in [6.07, 6.45) is -0.495. The van der Waals surface area contributed by atoms with E-state index >= 15 is 0 Å². The normalized spacial score (nSPS) is 12.0. The highest BCUT2D eigenvalue weighted by molar-refractivity contribution is 5.85. The maximum Gasteiger partial charge on any atom is 0.408 e. The number of methoxy groups -OCH3 is 1. The number of carbonyl (C=O) groups is 2. The zero-order valence-corrected chi connectivity index (χ0v) is 26.0. The van der Waals surface area contributed by atoms with Gasteiger partial charge in [0.05, 0.1) is 6.61 Å². The first-order valence-electron chi connectivity index (χ1n) is 14.3. The number of benzene rings is 4. The van der Waals surface area contributed by atoms with Crippen LogP contribution in [0.1, 0.15) is 22.3 Å². The molecule has 4 aromatic rings. The fourth-order valence-corrected chi connectivity index (χ4v) is 4.74. The molecule has 1 amide bonds. The predicted molar refractivity (Wildman–Crippen MR) is 173 cm³/mol. The van der Waals surface area contributed by atoms with Crippen LogP contribution in [-0.2, 0) is 40.3 Å². The fourth-order valence-electron chi connectivity index (χ4n) is 4.74. The van der Waals surface area contributed by atoms with Crippen molar-refractivity contribution in [1.29, 1.82) is 0 Å². The van der Waals surface area contributed by atoms with Crippen molar-refractivity contribution in [2.24, 2.45) is 0 Å². The molecule has 0 aliphatic rings. The quantitative estimate of drug-likeness (QED) is 0.143. The molecule has 0 saturated heterocycles. The molecule has 0 radical (unpaired) electrons. The number of likely N-dealkylation sites (N-methyl/N-ethyl adjacent to an activating group) is 1. The molecule has 0 saturated carbocycles. The minimum atomic E-state index is -1.29. The summed E-state index contributed by atoms with van der Waals surface area (Å²) >= 11 is 0. The molecule has 0 unspecified atom stereocenters. The van der Waals surface area contributed by atoms with E-state index in [1.807, 2.05) is 60.7 Å².